The van der Waals surface area contributed by atoms with Crippen molar-refractivity contribution in [1.29, 1.82) is 0 Å². The van der Waals surface area contributed by atoms with Crippen LogP contribution in [-0.4, -0.2) is 42.6 Å². The number of carbonyl (C=O) groups excluding carboxylic acids is 1. The van der Waals surface area contributed by atoms with Crippen molar-refractivity contribution in [3.8, 4) is 5.75 Å². The molecule has 5 rings (SSSR count). The van der Waals surface area contributed by atoms with E-state index in [1.807, 2.05) is 4.90 Å². The van der Waals surface area contributed by atoms with Gasteiger partial charge in [0.2, 0.25) is 6.41 Å². The molecule has 1 aromatic carbocycles. The van der Waals surface area contributed by atoms with Gasteiger partial charge in [0.25, 0.3) is 0 Å². The Morgan fingerprint density at radius 1 is 1.29 bits per heavy atom. The number of amides is 1. The normalized spacial score (nSPS) is 30.8. The molecule has 4 aliphatic rings. The molecule has 2 bridgehead atoms. The average Bonchev–Trinajstić information content (AvgIpc) is 2.74. The Labute approximate surface area is 144 Å². The molecule has 3 fully saturated rings. The van der Waals surface area contributed by atoms with Crippen molar-refractivity contribution in [2.75, 3.05) is 24.5 Å². The predicted molar refractivity (Wildman–Crippen MR) is 95.6 cm³/mol. The van der Waals surface area contributed by atoms with Gasteiger partial charge in [0.05, 0.1) is 11.7 Å². The molecule has 0 aromatic heterocycles. The minimum atomic E-state index is -0.176. The molecule has 1 unspecified atom stereocenters. The Bertz CT molecular complexity index is 620. The van der Waals surface area contributed by atoms with Gasteiger partial charge >= 0.3 is 0 Å². The molecule has 1 atom stereocenters. The van der Waals surface area contributed by atoms with Crippen LogP contribution in [0.15, 0.2) is 18.2 Å². The molecule has 3 saturated heterocycles. The highest BCUT2D eigenvalue weighted by Crippen LogP contribution is 2.42. The zero-order valence-corrected chi connectivity index (χ0v) is 14.8. The van der Waals surface area contributed by atoms with E-state index in [1.54, 1.807) is 0 Å². The number of anilines is 1. The quantitative estimate of drug-likeness (QED) is 0.799. The van der Waals surface area contributed by atoms with Crippen molar-refractivity contribution in [2.24, 2.45) is 5.92 Å². The Hall–Kier alpha value is -1.55. The Morgan fingerprint density at radius 2 is 2.08 bits per heavy atom. The fraction of sp³-hybridized carbons (Fsp3) is 0.650. The second-order valence-corrected chi connectivity index (χ2v) is 8.20. The van der Waals surface area contributed by atoms with Crippen molar-refractivity contribution in [3.05, 3.63) is 23.8 Å². The molecule has 0 saturated carbocycles. The molecule has 0 radical (unpaired) electrons. The van der Waals surface area contributed by atoms with Crippen LogP contribution in [-0.2, 0) is 11.2 Å². The van der Waals surface area contributed by atoms with Gasteiger partial charge in [-0.15, -0.1) is 0 Å². The maximum absolute atomic E-state index is 12.1. The number of ether oxygens (including phenoxy) is 1. The molecule has 4 heterocycles. The molecule has 4 aliphatic heterocycles. The lowest BCUT2D eigenvalue weighted by atomic mass is 9.83. The molecule has 0 aliphatic carbocycles. The van der Waals surface area contributed by atoms with Crippen molar-refractivity contribution < 1.29 is 9.53 Å². The molecule has 0 spiro atoms. The molecular weight excluding hydrogens is 300 g/mol. The van der Waals surface area contributed by atoms with Gasteiger partial charge in [-0.1, -0.05) is 12.1 Å². The van der Waals surface area contributed by atoms with E-state index < -0.39 is 0 Å². The zero-order chi connectivity index (χ0) is 16.7. The molecular formula is C20H28N2O2. The smallest absolute Gasteiger partial charge is 0.214 e. The van der Waals surface area contributed by atoms with Crippen LogP contribution < -0.4 is 9.64 Å². The molecule has 24 heavy (non-hydrogen) atoms. The van der Waals surface area contributed by atoms with Gasteiger partial charge in [-0.3, -0.25) is 4.79 Å². The highest BCUT2D eigenvalue weighted by Gasteiger charge is 2.39. The number of fused-ring (bicyclic) bond motifs is 4. The van der Waals surface area contributed by atoms with E-state index in [9.17, 15) is 4.79 Å². The van der Waals surface area contributed by atoms with Crippen LogP contribution in [0.5, 0.6) is 5.75 Å². The summed E-state index contributed by atoms with van der Waals surface area (Å²) in [6.45, 7) is 7.67. The fourth-order valence-electron chi connectivity index (χ4n) is 4.68. The van der Waals surface area contributed by atoms with Crippen LogP contribution in [0.4, 0.5) is 5.69 Å². The van der Waals surface area contributed by atoms with Crippen molar-refractivity contribution in [2.45, 2.75) is 57.6 Å². The van der Waals surface area contributed by atoms with E-state index in [4.69, 9.17) is 4.74 Å². The first-order valence-electron chi connectivity index (χ1n) is 9.34. The highest BCUT2D eigenvalue weighted by molar-refractivity contribution is 5.81. The molecule has 0 N–H and O–H groups in total. The molecule has 4 heteroatoms. The van der Waals surface area contributed by atoms with Gasteiger partial charge in [0, 0.05) is 6.54 Å². The summed E-state index contributed by atoms with van der Waals surface area (Å²) in [7, 11) is 0. The number of para-hydroxylation sites is 1. The van der Waals surface area contributed by atoms with Crippen LogP contribution in [0.1, 0.15) is 45.1 Å². The van der Waals surface area contributed by atoms with E-state index >= 15 is 0 Å². The van der Waals surface area contributed by atoms with Crippen LogP contribution in [0.25, 0.3) is 0 Å². The molecule has 1 amide bonds. The molecule has 1 aromatic rings. The zero-order valence-electron chi connectivity index (χ0n) is 14.8. The summed E-state index contributed by atoms with van der Waals surface area (Å²) in [6, 6.07) is 6.58. The summed E-state index contributed by atoms with van der Waals surface area (Å²) in [4.78, 5) is 16.5. The van der Waals surface area contributed by atoms with Gasteiger partial charge in [0.15, 0.2) is 0 Å². The van der Waals surface area contributed by atoms with E-state index in [1.165, 1.54) is 31.5 Å². The third-order valence-corrected chi connectivity index (χ3v) is 6.05. The molecule has 130 valence electrons. The van der Waals surface area contributed by atoms with Crippen LogP contribution in [0.3, 0.4) is 0 Å². The first-order chi connectivity index (χ1) is 11.6. The summed E-state index contributed by atoms with van der Waals surface area (Å²) < 4.78 is 6.41. The predicted octanol–water partition coefficient (Wildman–Crippen LogP) is 3.24. The van der Waals surface area contributed by atoms with E-state index in [-0.39, 0.29) is 11.6 Å². The van der Waals surface area contributed by atoms with Gasteiger partial charge in [-0.2, -0.15) is 0 Å². The van der Waals surface area contributed by atoms with E-state index in [0.29, 0.717) is 5.92 Å². The van der Waals surface area contributed by atoms with Crippen LogP contribution >= 0.6 is 0 Å². The average molecular weight is 328 g/mol. The summed E-state index contributed by atoms with van der Waals surface area (Å²) in [5.41, 5.74) is 2.03. The van der Waals surface area contributed by atoms with Gasteiger partial charge in [-0.05, 0) is 76.6 Å². The number of aryl methyl sites for hydroxylation is 1. The third kappa shape index (κ3) is 2.81. The van der Waals surface area contributed by atoms with Gasteiger partial charge in [0.1, 0.15) is 11.4 Å². The molecule has 4 nitrogen and oxygen atoms in total. The van der Waals surface area contributed by atoms with Gasteiger partial charge < -0.3 is 14.5 Å². The fourth-order valence-corrected chi connectivity index (χ4v) is 4.68. The van der Waals surface area contributed by atoms with E-state index in [0.717, 1.165) is 43.7 Å². The lowest BCUT2D eigenvalue weighted by Gasteiger charge is -2.48. The third-order valence-electron chi connectivity index (χ3n) is 6.05. The Morgan fingerprint density at radius 3 is 2.75 bits per heavy atom. The summed E-state index contributed by atoms with van der Waals surface area (Å²) in [5.74, 6) is 1.55. The minimum absolute atomic E-state index is 0.176. The van der Waals surface area contributed by atoms with Crippen molar-refractivity contribution >= 4 is 12.1 Å². The summed E-state index contributed by atoms with van der Waals surface area (Å²) in [5, 5.41) is 0. The topological polar surface area (TPSA) is 32.8 Å². The number of rotatable bonds is 3. The lowest BCUT2D eigenvalue weighted by Crippen LogP contribution is -2.57. The standard InChI is InChI=1S/C20H28N2O2/c1-20(2)10-4-6-16-5-3-7-17(19(16)24-20)22(14-23)18-13-21-11-8-15(18)9-12-21/h3,5,7,14-15,18H,4,6,8-13H2,1-2H3. The van der Waals surface area contributed by atoms with Gasteiger partial charge in [-0.25, -0.2) is 0 Å². The number of hydrogen-bond acceptors (Lipinski definition) is 3. The Kier molecular flexibility index (Phi) is 4.03. The minimum Gasteiger partial charge on any atom is -0.485 e. The number of benzene rings is 1. The monoisotopic (exact) mass is 328 g/mol. The number of hydrogen-bond donors (Lipinski definition) is 0. The van der Waals surface area contributed by atoms with Crippen molar-refractivity contribution in [1.82, 2.24) is 4.90 Å². The number of nitrogens with zero attached hydrogens (tertiary/aromatic N) is 2. The first-order valence-corrected chi connectivity index (χ1v) is 9.34. The highest BCUT2D eigenvalue weighted by atomic mass is 16.5. The largest absolute Gasteiger partial charge is 0.485 e. The van der Waals surface area contributed by atoms with E-state index in [2.05, 4.69) is 36.9 Å². The maximum atomic E-state index is 12.1. The SMILES string of the molecule is CC1(C)CCCc2cccc(N(C=O)C3CN4CCC3CC4)c2O1. The summed E-state index contributed by atoms with van der Waals surface area (Å²) in [6.07, 6.45) is 6.64. The van der Waals surface area contributed by atoms with Crippen LogP contribution in [0, 0.1) is 5.92 Å². The second kappa shape index (κ2) is 6.07. The van der Waals surface area contributed by atoms with Crippen molar-refractivity contribution in [3.63, 3.8) is 0 Å². The van der Waals surface area contributed by atoms with Crippen LogP contribution in [0.2, 0.25) is 0 Å². The number of piperidine rings is 3. The first kappa shape index (κ1) is 15.9. The summed E-state index contributed by atoms with van der Waals surface area (Å²) >= 11 is 0. The second-order valence-electron chi connectivity index (χ2n) is 8.20. The number of carbonyl (C=O) groups is 1. The maximum Gasteiger partial charge on any atom is 0.214 e. The lowest BCUT2D eigenvalue weighted by molar-refractivity contribution is -0.108. The Balaban J connectivity index is 1.71.